The number of rotatable bonds is 10. The maximum atomic E-state index is 13.1. The van der Waals surface area contributed by atoms with E-state index < -0.39 is 6.03 Å². The van der Waals surface area contributed by atoms with Crippen LogP contribution < -0.4 is 29.7 Å². The highest BCUT2D eigenvalue weighted by atomic mass is 35.5. The molecule has 0 aliphatic carbocycles. The summed E-state index contributed by atoms with van der Waals surface area (Å²) in [6.45, 7) is 5.74. The second kappa shape index (κ2) is 12.7. The Kier molecular flexibility index (Phi) is 9.09. The minimum Gasteiger partial charge on any atom is -0.496 e. The highest BCUT2D eigenvalue weighted by molar-refractivity contribution is 6.35. The maximum Gasteiger partial charge on any atom is 0.327 e. The number of carbonyl (C=O) groups is 1. The normalized spacial score (nSPS) is 13.2. The molecule has 2 aromatic carbocycles. The summed E-state index contributed by atoms with van der Waals surface area (Å²) in [6.07, 6.45) is 3.94. The molecule has 2 amide bonds. The van der Waals surface area contributed by atoms with Gasteiger partial charge in [0, 0.05) is 37.0 Å². The average molecular weight is 541 g/mol. The summed E-state index contributed by atoms with van der Waals surface area (Å²) in [5.41, 5.74) is 1.91. The smallest absolute Gasteiger partial charge is 0.327 e. The van der Waals surface area contributed by atoms with Crippen molar-refractivity contribution in [3.63, 3.8) is 0 Å². The van der Waals surface area contributed by atoms with Crippen LogP contribution in [0.25, 0.3) is 0 Å². The number of amides is 2. The lowest BCUT2D eigenvalue weighted by Crippen LogP contribution is -2.32. The second-order valence-electron chi connectivity index (χ2n) is 8.89. The Morgan fingerprint density at radius 2 is 1.79 bits per heavy atom. The summed E-state index contributed by atoms with van der Waals surface area (Å²) in [4.78, 5) is 25.4. The molecule has 0 unspecified atom stereocenters. The third-order valence-corrected chi connectivity index (χ3v) is 6.79. The van der Waals surface area contributed by atoms with Crippen LogP contribution in [0, 0.1) is 6.92 Å². The van der Waals surface area contributed by atoms with Crippen molar-refractivity contribution in [1.82, 2.24) is 14.9 Å². The van der Waals surface area contributed by atoms with Crippen LogP contribution in [-0.4, -0.2) is 68.4 Å². The molecular weight excluding hydrogens is 508 g/mol. The summed E-state index contributed by atoms with van der Waals surface area (Å²) in [7, 11) is 4.65. The van der Waals surface area contributed by atoms with Gasteiger partial charge < -0.3 is 24.8 Å². The molecule has 10 nitrogen and oxygen atoms in total. The first-order chi connectivity index (χ1) is 18.4. The maximum absolute atomic E-state index is 13.1. The minimum atomic E-state index is -0.439. The van der Waals surface area contributed by atoms with Crippen molar-refractivity contribution in [1.29, 1.82) is 0 Å². The standard InChI is InChI=1S/C27H33ClN6O4/c1-18-21(36-3)15-22(37-4)25(28)26(18)32-27(35)33(2)24-16-23(29-17-30-24)31-19-7-9-20(10-8-19)38-14-13-34-11-5-6-12-34/h7-10,15-17H,5-6,11-14H2,1-4H3,(H,32,35)(H,29,30,31). The van der Waals surface area contributed by atoms with Crippen molar-refractivity contribution in [3.8, 4) is 17.2 Å². The van der Waals surface area contributed by atoms with Crippen molar-refractivity contribution in [2.24, 2.45) is 0 Å². The lowest BCUT2D eigenvalue weighted by molar-refractivity contribution is 0.238. The number of carbonyl (C=O) groups excluding carboxylic acids is 1. The molecule has 0 atom stereocenters. The number of hydrogen-bond acceptors (Lipinski definition) is 8. The molecule has 38 heavy (non-hydrogen) atoms. The Labute approximate surface area is 227 Å². The van der Waals surface area contributed by atoms with Crippen molar-refractivity contribution in [2.45, 2.75) is 19.8 Å². The Hall–Kier alpha value is -3.76. The molecule has 1 saturated heterocycles. The Morgan fingerprint density at radius 1 is 1.08 bits per heavy atom. The zero-order valence-corrected chi connectivity index (χ0v) is 22.8. The molecule has 0 radical (unpaired) electrons. The number of urea groups is 1. The molecule has 202 valence electrons. The van der Waals surface area contributed by atoms with E-state index in [1.807, 2.05) is 24.3 Å². The van der Waals surface area contributed by atoms with Crippen LogP contribution in [-0.2, 0) is 0 Å². The van der Waals surface area contributed by atoms with E-state index in [2.05, 4.69) is 25.5 Å². The van der Waals surface area contributed by atoms with Crippen LogP contribution in [0.1, 0.15) is 18.4 Å². The number of aromatic nitrogens is 2. The minimum absolute atomic E-state index is 0.279. The van der Waals surface area contributed by atoms with Gasteiger partial charge in [-0.2, -0.15) is 0 Å². The van der Waals surface area contributed by atoms with Crippen LogP contribution in [0.15, 0.2) is 42.7 Å². The quantitative estimate of drug-likeness (QED) is 0.355. The highest BCUT2D eigenvalue weighted by Gasteiger charge is 2.20. The summed E-state index contributed by atoms with van der Waals surface area (Å²) in [6, 6.07) is 10.6. The predicted molar refractivity (Wildman–Crippen MR) is 150 cm³/mol. The van der Waals surface area contributed by atoms with Gasteiger partial charge in [-0.3, -0.25) is 9.80 Å². The molecule has 0 saturated carbocycles. The first-order valence-electron chi connectivity index (χ1n) is 12.4. The fourth-order valence-corrected chi connectivity index (χ4v) is 4.51. The topological polar surface area (TPSA) is 101 Å². The monoisotopic (exact) mass is 540 g/mol. The third kappa shape index (κ3) is 6.56. The van der Waals surface area contributed by atoms with Gasteiger partial charge in [0.1, 0.15) is 46.8 Å². The number of ether oxygens (including phenoxy) is 3. The molecule has 0 spiro atoms. The van der Waals surface area contributed by atoms with Crippen LogP contribution in [0.2, 0.25) is 5.02 Å². The molecule has 1 aliphatic heterocycles. The predicted octanol–water partition coefficient (Wildman–Crippen LogP) is 5.34. The van der Waals surface area contributed by atoms with E-state index in [-0.39, 0.29) is 5.02 Å². The van der Waals surface area contributed by atoms with Gasteiger partial charge in [0.25, 0.3) is 0 Å². The lowest BCUT2D eigenvalue weighted by atomic mass is 10.1. The van der Waals surface area contributed by atoms with Gasteiger partial charge >= 0.3 is 6.03 Å². The van der Waals surface area contributed by atoms with Gasteiger partial charge in [0.05, 0.1) is 19.9 Å². The molecule has 4 rings (SSSR count). The Morgan fingerprint density at radius 3 is 2.47 bits per heavy atom. The van der Waals surface area contributed by atoms with Crippen LogP contribution >= 0.6 is 11.6 Å². The van der Waals surface area contributed by atoms with Crippen LogP contribution in [0.5, 0.6) is 17.2 Å². The SMILES string of the molecule is COc1cc(OC)c(Cl)c(NC(=O)N(C)c2cc(Nc3ccc(OCCN4CCCC4)cc3)ncn2)c1C. The van der Waals surface area contributed by atoms with E-state index in [0.717, 1.165) is 31.1 Å². The summed E-state index contributed by atoms with van der Waals surface area (Å²) < 4.78 is 16.6. The molecule has 1 fully saturated rings. The van der Waals surface area contributed by atoms with Gasteiger partial charge in [-0.15, -0.1) is 0 Å². The molecule has 11 heteroatoms. The van der Waals surface area contributed by atoms with Crippen molar-refractivity contribution < 1.29 is 19.0 Å². The number of nitrogens with zero attached hydrogens (tertiary/aromatic N) is 4. The van der Waals surface area contributed by atoms with E-state index >= 15 is 0 Å². The summed E-state index contributed by atoms with van der Waals surface area (Å²) >= 11 is 6.46. The molecule has 3 aromatic rings. The van der Waals surface area contributed by atoms with E-state index in [1.165, 1.54) is 31.2 Å². The fraction of sp³-hybridized carbons (Fsp3) is 0.370. The fourth-order valence-electron chi connectivity index (χ4n) is 4.19. The first-order valence-corrected chi connectivity index (χ1v) is 12.8. The van der Waals surface area contributed by atoms with Crippen molar-refractivity contribution in [3.05, 3.63) is 53.3 Å². The molecule has 2 N–H and O–H groups in total. The van der Waals surface area contributed by atoms with Crippen LogP contribution in [0.4, 0.5) is 27.8 Å². The highest BCUT2D eigenvalue weighted by Crippen LogP contribution is 2.40. The van der Waals surface area contributed by atoms with E-state index in [1.54, 1.807) is 33.2 Å². The number of methoxy groups -OCH3 is 2. The van der Waals surface area contributed by atoms with Crippen molar-refractivity contribution in [2.75, 3.05) is 63.0 Å². The number of hydrogen-bond donors (Lipinski definition) is 2. The van der Waals surface area contributed by atoms with Gasteiger partial charge in [0.2, 0.25) is 0 Å². The first kappa shape index (κ1) is 27.3. The molecular formula is C27H33ClN6O4. The van der Waals surface area contributed by atoms with E-state index in [9.17, 15) is 4.79 Å². The number of likely N-dealkylation sites (tertiary alicyclic amines) is 1. The van der Waals surface area contributed by atoms with Gasteiger partial charge in [-0.05, 0) is 57.1 Å². The zero-order valence-electron chi connectivity index (χ0n) is 22.1. The average Bonchev–Trinajstić information content (AvgIpc) is 3.45. The van der Waals surface area contributed by atoms with Crippen LogP contribution in [0.3, 0.4) is 0 Å². The second-order valence-corrected chi connectivity index (χ2v) is 9.27. The molecule has 0 bridgehead atoms. The number of benzene rings is 2. The third-order valence-electron chi connectivity index (χ3n) is 6.42. The van der Waals surface area contributed by atoms with Gasteiger partial charge in [-0.1, -0.05) is 11.6 Å². The number of halogens is 1. The zero-order chi connectivity index (χ0) is 27.1. The molecule has 1 aliphatic rings. The number of nitrogens with one attached hydrogen (secondary N) is 2. The van der Waals surface area contributed by atoms with Gasteiger partial charge in [0.15, 0.2) is 0 Å². The Bertz CT molecular complexity index is 1220. The summed E-state index contributed by atoms with van der Waals surface area (Å²) in [5.74, 6) is 2.68. The number of anilines is 4. The van der Waals surface area contributed by atoms with Gasteiger partial charge in [-0.25, -0.2) is 14.8 Å². The molecule has 2 heterocycles. The largest absolute Gasteiger partial charge is 0.496 e. The van der Waals surface area contributed by atoms with E-state index in [0.29, 0.717) is 41.0 Å². The lowest BCUT2D eigenvalue weighted by Gasteiger charge is -2.21. The molecule has 1 aromatic heterocycles. The Balaban J connectivity index is 1.38. The summed E-state index contributed by atoms with van der Waals surface area (Å²) in [5, 5.41) is 6.35. The van der Waals surface area contributed by atoms with Crippen molar-refractivity contribution >= 4 is 40.6 Å². The van der Waals surface area contributed by atoms with E-state index in [4.69, 9.17) is 25.8 Å².